The molecule has 1 aromatic carbocycles. The highest BCUT2D eigenvalue weighted by Crippen LogP contribution is 2.23. The Kier molecular flexibility index (Phi) is 5.37. The summed E-state index contributed by atoms with van der Waals surface area (Å²) in [6, 6.07) is 11.8. The maximum atomic E-state index is 12.5. The summed E-state index contributed by atoms with van der Waals surface area (Å²) in [6.07, 6.45) is 0.464. The molecule has 3 aromatic rings. The molecule has 1 N–H and O–H groups in total. The van der Waals surface area contributed by atoms with Crippen LogP contribution in [0.3, 0.4) is 0 Å². The maximum absolute atomic E-state index is 12.5. The Labute approximate surface area is 176 Å². The summed E-state index contributed by atoms with van der Waals surface area (Å²) in [4.78, 5) is 51.9. The van der Waals surface area contributed by atoms with E-state index in [1.165, 1.54) is 11.3 Å². The topological polar surface area (TPSA) is 99.9 Å². The number of para-hydroxylation sites is 1. The Morgan fingerprint density at radius 3 is 2.60 bits per heavy atom. The molecule has 154 valence electrons. The van der Waals surface area contributed by atoms with Gasteiger partial charge >= 0.3 is 17.8 Å². The van der Waals surface area contributed by atoms with Crippen molar-refractivity contribution in [3.63, 3.8) is 0 Å². The number of benzene rings is 1. The molecule has 1 fully saturated rings. The van der Waals surface area contributed by atoms with Crippen LogP contribution in [0.4, 0.5) is 4.79 Å². The Balaban J connectivity index is 1.37. The van der Waals surface area contributed by atoms with Crippen LogP contribution in [-0.2, 0) is 20.8 Å². The van der Waals surface area contributed by atoms with Gasteiger partial charge in [0.15, 0.2) is 0 Å². The van der Waals surface area contributed by atoms with Crippen molar-refractivity contribution in [1.29, 1.82) is 0 Å². The number of amides is 5. The van der Waals surface area contributed by atoms with Crippen molar-refractivity contribution in [3.8, 4) is 0 Å². The van der Waals surface area contributed by atoms with Crippen LogP contribution < -0.4 is 5.32 Å². The van der Waals surface area contributed by atoms with E-state index >= 15 is 0 Å². The van der Waals surface area contributed by atoms with Crippen molar-refractivity contribution in [1.82, 2.24) is 15.1 Å². The van der Waals surface area contributed by atoms with Crippen LogP contribution in [0.15, 0.2) is 52.3 Å². The van der Waals surface area contributed by atoms with Crippen molar-refractivity contribution in [2.45, 2.75) is 19.4 Å². The van der Waals surface area contributed by atoms with Crippen LogP contribution in [0.25, 0.3) is 11.0 Å². The Hall–Kier alpha value is -3.46. The third-order valence-corrected chi connectivity index (χ3v) is 5.78. The van der Waals surface area contributed by atoms with E-state index in [2.05, 4.69) is 5.32 Å². The molecule has 2 aromatic heterocycles. The molecule has 0 saturated carbocycles. The minimum absolute atomic E-state index is 0.0947. The van der Waals surface area contributed by atoms with Crippen molar-refractivity contribution in [3.05, 3.63) is 58.5 Å². The van der Waals surface area contributed by atoms with E-state index in [1.54, 1.807) is 6.92 Å². The molecule has 4 rings (SSSR count). The molecule has 0 aliphatic carbocycles. The first kappa shape index (κ1) is 19.8. The average Bonchev–Trinajstić information content (AvgIpc) is 3.44. The SMILES string of the molecule is C[C@@H](NC(=O)CN1C(=O)C(=O)N(CCc2cccs2)C1=O)c1cc2ccccc2o1. The smallest absolute Gasteiger partial charge is 0.334 e. The molecule has 0 spiro atoms. The molecule has 0 bridgehead atoms. The number of fused-ring (bicyclic) bond motifs is 1. The Morgan fingerprint density at radius 2 is 1.87 bits per heavy atom. The minimum Gasteiger partial charge on any atom is -0.459 e. The summed E-state index contributed by atoms with van der Waals surface area (Å²) in [6.45, 7) is 1.31. The molecule has 0 radical (unpaired) electrons. The van der Waals surface area contributed by atoms with E-state index < -0.39 is 36.3 Å². The molecule has 3 heterocycles. The molecule has 1 atom stereocenters. The summed E-state index contributed by atoms with van der Waals surface area (Å²) in [5.74, 6) is -1.90. The first-order valence-corrected chi connectivity index (χ1v) is 10.3. The fourth-order valence-corrected chi connectivity index (χ4v) is 3.98. The molecule has 5 amide bonds. The van der Waals surface area contributed by atoms with Gasteiger partial charge in [0.25, 0.3) is 0 Å². The highest BCUT2D eigenvalue weighted by Gasteiger charge is 2.45. The van der Waals surface area contributed by atoms with E-state index in [4.69, 9.17) is 4.42 Å². The van der Waals surface area contributed by atoms with Gasteiger partial charge in [0.2, 0.25) is 5.91 Å². The molecule has 30 heavy (non-hydrogen) atoms. The first-order valence-electron chi connectivity index (χ1n) is 9.41. The largest absolute Gasteiger partial charge is 0.459 e. The fraction of sp³-hybridized carbons (Fsp3) is 0.238. The number of rotatable bonds is 7. The Bertz CT molecular complexity index is 1090. The second-order valence-electron chi connectivity index (χ2n) is 6.94. The summed E-state index contributed by atoms with van der Waals surface area (Å²) in [7, 11) is 0. The second-order valence-corrected chi connectivity index (χ2v) is 7.97. The number of carbonyl (C=O) groups is 4. The zero-order valence-corrected chi connectivity index (χ0v) is 17.0. The summed E-state index contributed by atoms with van der Waals surface area (Å²) < 4.78 is 5.72. The van der Waals surface area contributed by atoms with Crippen LogP contribution in [0.5, 0.6) is 0 Å². The lowest BCUT2D eigenvalue weighted by molar-refractivity contribution is -0.144. The first-order chi connectivity index (χ1) is 14.4. The van der Waals surface area contributed by atoms with Gasteiger partial charge < -0.3 is 9.73 Å². The van der Waals surface area contributed by atoms with Crippen LogP contribution in [0.1, 0.15) is 23.6 Å². The van der Waals surface area contributed by atoms with E-state index in [0.29, 0.717) is 22.7 Å². The van der Waals surface area contributed by atoms with Gasteiger partial charge in [-0.05, 0) is 30.5 Å². The number of hydrogen-bond acceptors (Lipinski definition) is 6. The lowest BCUT2D eigenvalue weighted by atomic mass is 10.2. The summed E-state index contributed by atoms with van der Waals surface area (Å²) in [5.41, 5.74) is 0.700. The van der Waals surface area contributed by atoms with Crippen molar-refractivity contribution < 1.29 is 23.6 Å². The van der Waals surface area contributed by atoms with Gasteiger partial charge in [-0.2, -0.15) is 0 Å². The number of nitrogens with one attached hydrogen (secondary N) is 1. The predicted molar refractivity (Wildman–Crippen MR) is 110 cm³/mol. The molecule has 9 heteroatoms. The second kappa shape index (κ2) is 8.11. The monoisotopic (exact) mass is 425 g/mol. The lowest BCUT2D eigenvalue weighted by Gasteiger charge is -2.16. The number of urea groups is 1. The number of furan rings is 1. The number of thiophene rings is 1. The zero-order valence-electron chi connectivity index (χ0n) is 16.2. The normalized spacial score (nSPS) is 15.3. The van der Waals surface area contributed by atoms with Crippen LogP contribution >= 0.6 is 11.3 Å². The molecule has 1 aliphatic rings. The summed E-state index contributed by atoms with van der Waals surface area (Å²) in [5, 5.41) is 5.51. The van der Waals surface area contributed by atoms with E-state index in [9.17, 15) is 19.2 Å². The maximum Gasteiger partial charge on any atom is 0.334 e. The van der Waals surface area contributed by atoms with Gasteiger partial charge in [-0.15, -0.1) is 11.3 Å². The van der Waals surface area contributed by atoms with Crippen LogP contribution in [0.2, 0.25) is 0 Å². The fourth-order valence-electron chi connectivity index (χ4n) is 3.28. The molecular formula is C21H19N3O5S. The number of nitrogens with zero attached hydrogens (tertiary/aromatic N) is 2. The van der Waals surface area contributed by atoms with Gasteiger partial charge in [-0.3, -0.25) is 19.3 Å². The highest BCUT2D eigenvalue weighted by molar-refractivity contribution is 7.09. The number of hydrogen-bond donors (Lipinski definition) is 1. The van der Waals surface area contributed by atoms with Crippen LogP contribution in [-0.4, -0.2) is 46.6 Å². The van der Waals surface area contributed by atoms with E-state index in [0.717, 1.165) is 15.2 Å². The molecular weight excluding hydrogens is 406 g/mol. The Morgan fingerprint density at radius 1 is 1.10 bits per heavy atom. The van der Waals surface area contributed by atoms with Crippen molar-refractivity contribution >= 4 is 46.1 Å². The van der Waals surface area contributed by atoms with E-state index in [-0.39, 0.29) is 6.54 Å². The third kappa shape index (κ3) is 3.84. The zero-order chi connectivity index (χ0) is 21.3. The van der Waals surface area contributed by atoms with Crippen LogP contribution in [0, 0.1) is 0 Å². The van der Waals surface area contributed by atoms with E-state index in [1.807, 2.05) is 47.8 Å². The van der Waals surface area contributed by atoms with Gasteiger partial charge in [0, 0.05) is 23.2 Å². The highest BCUT2D eigenvalue weighted by atomic mass is 32.1. The number of imide groups is 2. The third-order valence-electron chi connectivity index (χ3n) is 4.85. The summed E-state index contributed by atoms with van der Waals surface area (Å²) >= 11 is 1.51. The van der Waals surface area contributed by atoms with Gasteiger partial charge in [-0.1, -0.05) is 24.3 Å². The quantitative estimate of drug-likeness (QED) is 0.463. The average molecular weight is 425 g/mol. The minimum atomic E-state index is -0.988. The standard InChI is InChI=1S/C21H19N3O5S/c1-13(17-11-14-5-2-3-7-16(14)29-17)22-18(25)12-24-20(27)19(26)23(21(24)28)9-8-15-6-4-10-30-15/h2-7,10-11,13H,8-9,12H2,1H3,(H,22,25)/t13-/m1/s1. The lowest BCUT2D eigenvalue weighted by Crippen LogP contribution is -2.42. The molecule has 0 unspecified atom stereocenters. The molecule has 8 nitrogen and oxygen atoms in total. The molecule has 1 aliphatic heterocycles. The predicted octanol–water partition coefficient (Wildman–Crippen LogP) is 2.71. The van der Waals surface area contributed by atoms with Gasteiger partial charge in [0.05, 0.1) is 6.04 Å². The van der Waals surface area contributed by atoms with Gasteiger partial charge in [-0.25, -0.2) is 9.69 Å². The molecule has 1 saturated heterocycles. The number of carbonyl (C=O) groups excluding carboxylic acids is 4. The van der Waals surface area contributed by atoms with Gasteiger partial charge in [0.1, 0.15) is 17.9 Å². The van der Waals surface area contributed by atoms with Crippen molar-refractivity contribution in [2.75, 3.05) is 13.1 Å². The van der Waals surface area contributed by atoms with Crippen molar-refractivity contribution in [2.24, 2.45) is 0 Å².